The second-order valence-electron chi connectivity index (χ2n) is 3.04. The fraction of sp³-hybridized carbons (Fsp3) is 0.100. The average Bonchev–Trinajstić information content (AvgIpc) is 2.57. The number of halogens is 2. The van der Waals surface area contributed by atoms with Crippen molar-refractivity contribution >= 4 is 15.9 Å². The van der Waals surface area contributed by atoms with E-state index in [-0.39, 0.29) is 5.82 Å². The minimum absolute atomic E-state index is 0.194. The lowest BCUT2D eigenvalue weighted by Crippen LogP contribution is -1.95. The third-order valence-corrected chi connectivity index (χ3v) is 2.37. The molecule has 0 N–H and O–H groups in total. The summed E-state index contributed by atoms with van der Waals surface area (Å²) in [5.74, 6) is -0.194. The van der Waals surface area contributed by atoms with Crippen LogP contribution in [0, 0.1) is 12.7 Å². The Bertz CT molecular complexity index is 465. The summed E-state index contributed by atoms with van der Waals surface area (Å²) >= 11 is 3.30. The van der Waals surface area contributed by atoms with E-state index in [2.05, 4.69) is 21.0 Å². The SMILES string of the molecule is Cc1cc(-n2cc(Br)cn2)ccc1F. The van der Waals surface area contributed by atoms with Gasteiger partial charge in [-0.25, -0.2) is 9.07 Å². The summed E-state index contributed by atoms with van der Waals surface area (Å²) in [6, 6.07) is 4.90. The van der Waals surface area contributed by atoms with E-state index in [1.165, 1.54) is 6.07 Å². The van der Waals surface area contributed by atoms with Crippen molar-refractivity contribution in [2.75, 3.05) is 0 Å². The maximum absolute atomic E-state index is 13.0. The van der Waals surface area contributed by atoms with Crippen LogP contribution in [0.15, 0.2) is 35.1 Å². The minimum atomic E-state index is -0.194. The summed E-state index contributed by atoms with van der Waals surface area (Å²) in [6.07, 6.45) is 3.52. The fourth-order valence-corrected chi connectivity index (χ4v) is 1.50. The molecule has 1 aromatic carbocycles. The van der Waals surface area contributed by atoms with Crippen LogP contribution in [-0.4, -0.2) is 9.78 Å². The molecule has 0 bridgehead atoms. The number of hydrogen-bond acceptors (Lipinski definition) is 1. The first kappa shape index (κ1) is 9.40. The Labute approximate surface area is 89.5 Å². The lowest BCUT2D eigenvalue weighted by Gasteiger charge is -2.02. The van der Waals surface area contributed by atoms with Gasteiger partial charge in [0.05, 0.1) is 16.4 Å². The predicted molar refractivity (Wildman–Crippen MR) is 56.0 cm³/mol. The highest BCUT2D eigenvalue weighted by atomic mass is 79.9. The molecule has 0 radical (unpaired) electrons. The molecule has 2 aromatic rings. The first-order valence-corrected chi connectivity index (χ1v) is 4.93. The van der Waals surface area contributed by atoms with Gasteiger partial charge >= 0.3 is 0 Å². The van der Waals surface area contributed by atoms with Crippen molar-refractivity contribution in [1.82, 2.24) is 9.78 Å². The monoisotopic (exact) mass is 254 g/mol. The van der Waals surface area contributed by atoms with Gasteiger partial charge in [-0.1, -0.05) is 0 Å². The Morgan fingerprint density at radius 2 is 2.21 bits per heavy atom. The van der Waals surface area contributed by atoms with E-state index in [4.69, 9.17) is 0 Å². The first-order chi connectivity index (χ1) is 6.66. The van der Waals surface area contributed by atoms with Crippen LogP contribution in [0.2, 0.25) is 0 Å². The van der Waals surface area contributed by atoms with Gasteiger partial charge in [0.2, 0.25) is 0 Å². The van der Waals surface area contributed by atoms with Gasteiger partial charge in [0.1, 0.15) is 5.82 Å². The van der Waals surface area contributed by atoms with Crippen molar-refractivity contribution in [1.29, 1.82) is 0 Å². The average molecular weight is 255 g/mol. The molecule has 2 nitrogen and oxygen atoms in total. The molecule has 1 heterocycles. The molecule has 0 unspecified atom stereocenters. The van der Waals surface area contributed by atoms with Gasteiger partial charge in [-0.05, 0) is 46.6 Å². The number of hydrogen-bond donors (Lipinski definition) is 0. The van der Waals surface area contributed by atoms with Crippen molar-refractivity contribution in [2.45, 2.75) is 6.92 Å². The maximum Gasteiger partial charge on any atom is 0.126 e. The number of benzene rings is 1. The fourth-order valence-electron chi connectivity index (χ4n) is 1.21. The topological polar surface area (TPSA) is 17.8 Å². The normalized spacial score (nSPS) is 10.5. The number of rotatable bonds is 1. The largest absolute Gasteiger partial charge is 0.240 e. The zero-order valence-electron chi connectivity index (χ0n) is 7.54. The molecule has 1 aromatic heterocycles. The van der Waals surface area contributed by atoms with Crippen LogP contribution >= 0.6 is 15.9 Å². The standard InChI is InChI=1S/C10H8BrFN2/c1-7-4-9(2-3-10(7)12)14-6-8(11)5-13-14/h2-6H,1H3. The molecule has 0 saturated heterocycles. The third kappa shape index (κ3) is 1.70. The molecular formula is C10H8BrFN2. The number of aryl methyl sites for hydroxylation is 1. The highest BCUT2D eigenvalue weighted by Crippen LogP contribution is 2.15. The van der Waals surface area contributed by atoms with Gasteiger partial charge in [-0.15, -0.1) is 0 Å². The summed E-state index contributed by atoms with van der Waals surface area (Å²) in [5.41, 5.74) is 1.48. The van der Waals surface area contributed by atoms with Crippen LogP contribution in [0.1, 0.15) is 5.56 Å². The van der Waals surface area contributed by atoms with Crippen LogP contribution in [0.5, 0.6) is 0 Å². The zero-order valence-corrected chi connectivity index (χ0v) is 9.12. The van der Waals surface area contributed by atoms with Gasteiger partial charge in [0, 0.05) is 6.20 Å². The van der Waals surface area contributed by atoms with Crippen molar-refractivity contribution in [2.24, 2.45) is 0 Å². The van der Waals surface area contributed by atoms with E-state index in [0.29, 0.717) is 5.56 Å². The Kier molecular flexibility index (Phi) is 2.37. The molecule has 0 atom stereocenters. The Morgan fingerprint density at radius 1 is 1.43 bits per heavy atom. The van der Waals surface area contributed by atoms with Gasteiger partial charge in [0.15, 0.2) is 0 Å². The van der Waals surface area contributed by atoms with E-state index in [9.17, 15) is 4.39 Å². The van der Waals surface area contributed by atoms with Crippen LogP contribution in [-0.2, 0) is 0 Å². The third-order valence-electron chi connectivity index (χ3n) is 1.96. The smallest absolute Gasteiger partial charge is 0.126 e. The maximum atomic E-state index is 13.0. The van der Waals surface area contributed by atoms with Crippen molar-refractivity contribution in [3.8, 4) is 5.69 Å². The van der Waals surface area contributed by atoms with Crippen LogP contribution in [0.3, 0.4) is 0 Å². The van der Waals surface area contributed by atoms with Crippen molar-refractivity contribution in [3.05, 3.63) is 46.4 Å². The molecular weight excluding hydrogens is 247 g/mol. The van der Waals surface area contributed by atoms with Gasteiger partial charge in [-0.2, -0.15) is 5.10 Å². The summed E-state index contributed by atoms with van der Waals surface area (Å²) in [4.78, 5) is 0. The van der Waals surface area contributed by atoms with Gasteiger partial charge in [0.25, 0.3) is 0 Å². The molecule has 0 amide bonds. The Hall–Kier alpha value is -1.16. The highest BCUT2D eigenvalue weighted by Gasteiger charge is 2.01. The summed E-state index contributed by atoms with van der Waals surface area (Å²) in [6.45, 7) is 1.73. The van der Waals surface area contributed by atoms with Gasteiger partial charge < -0.3 is 0 Å². The van der Waals surface area contributed by atoms with E-state index < -0.39 is 0 Å². The number of aromatic nitrogens is 2. The van der Waals surface area contributed by atoms with Gasteiger partial charge in [-0.3, -0.25) is 0 Å². The molecule has 0 aliphatic carbocycles. The van der Waals surface area contributed by atoms with E-state index in [1.807, 2.05) is 6.20 Å². The minimum Gasteiger partial charge on any atom is -0.240 e. The van der Waals surface area contributed by atoms with E-state index in [0.717, 1.165) is 10.2 Å². The lowest BCUT2D eigenvalue weighted by atomic mass is 10.2. The molecule has 14 heavy (non-hydrogen) atoms. The molecule has 72 valence electrons. The second kappa shape index (κ2) is 3.53. The highest BCUT2D eigenvalue weighted by molar-refractivity contribution is 9.10. The molecule has 0 aliphatic rings. The first-order valence-electron chi connectivity index (χ1n) is 4.13. The number of nitrogens with zero attached hydrogens (tertiary/aromatic N) is 2. The summed E-state index contributed by atoms with van der Waals surface area (Å²) in [7, 11) is 0. The van der Waals surface area contributed by atoms with Crippen molar-refractivity contribution < 1.29 is 4.39 Å². The molecule has 2 rings (SSSR count). The Balaban J connectivity index is 2.47. The predicted octanol–water partition coefficient (Wildman–Crippen LogP) is 3.08. The molecule has 0 saturated carbocycles. The summed E-state index contributed by atoms with van der Waals surface area (Å²) < 4.78 is 15.6. The Morgan fingerprint density at radius 3 is 2.79 bits per heavy atom. The molecule has 0 fully saturated rings. The van der Waals surface area contributed by atoms with E-state index in [1.54, 1.807) is 29.9 Å². The molecule has 0 spiro atoms. The quantitative estimate of drug-likeness (QED) is 0.765. The van der Waals surface area contributed by atoms with Crippen LogP contribution in [0.4, 0.5) is 4.39 Å². The van der Waals surface area contributed by atoms with Crippen LogP contribution in [0.25, 0.3) is 5.69 Å². The zero-order chi connectivity index (χ0) is 10.1. The van der Waals surface area contributed by atoms with Crippen LogP contribution < -0.4 is 0 Å². The van der Waals surface area contributed by atoms with Crippen molar-refractivity contribution in [3.63, 3.8) is 0 Å². The lowest BCUT2D eigenvalue weighted by molar-refractivity contribution is 0.617. The van der Waals surface area contributed by atoms with E-state index >= 15 is 0 Å². The molecule has 0 aliphatic heterocycles. The molecule has 4 heteroatoms. The second-order valence-corrected chi connectivity index (χ2v) is 3.95. The summed E-state index contributed by atoms with van der Waals surface area (Å²) in [5, 5.41) is 4.10.